The molecule has 0 aliphatic carbocycles. The van der Waals surface area contributed by atoms with Gasteiger partial charge in [-0.25, -0.2) is 8.78 Å². The molecule has 0 spiro atoms. The maximum atomic E-state index is 13.3. The number of hydrogen-bond donors (Lipinski definition) is 1. The van der Waals surface area contributed by atoms with Crippen molar-refractivity contribution < 1.29 is 13.5 Å². The number of ether oxygens (including phenoxy) is 1. The Balaban J connectivity index is 2.24. The van der Waals surface area contributed by atoms with Gasteiger partial charge in [-0.05, 0) is 36.8 Å². The van der Waals surface area contributed by atoms with Gasteiger partial charge in [0.05, 0.1) is 0 Å². The largest absolute Gasteiger partial charge is 0.489 e. The highest BCUT2D eigenvalue weighted by Crippen LogP contribution is 2.21. The highest BCUT2D eigenvalue weighted by atomic mass is 32.1. The first-order valence-electron chi connectivity index (χ1n) is 5.94. The molecular formula is C15H13F2NOS. The van der Waals surface area contributed by atoms with Gasteiger partial charge in [0, 0.05) is 17.2 Å². The van der Waals surface area contributed by atoms with Crippen molar-refractivity contribution in [3.05, 3.63) is 64.7 Å². The van der Waals surface area contributed by atoms with Crippen molar-refractivity contribution in [2.45, 2.75) is 13.5 Å². The summed E-state index contributed by atoms with van der Waals surface area (Å²) < 4.78 is 32.0. The minimum atomic E-state index is -0.403. The van der Waals surface area contributed by atoms with Crippen LogP contribution in [0.4, 0.5) is 8.78 Å². The second kappa shape index (κ2) is 5.96. The molecule has 2 rings (SSSR count). The summed E-state index contributed by atoms with van der Waals surface area (Å²) in [5, 5.41) is 0. The van der Waals surface area contributed by atoms with Gasteiger partial charge in [0.15, 0.2) is 0 Å². The molecule has 5 heteroatoms. The summed E-state index contributed by atoms with van der Waals surface area (Å²) in [5.41, 5.74) is 7.45. The van der Waals surface area contributed by atoms with Crippen molar-refractivity contribution in [1.29, 1.82) is 0 Å². The van der Waals surface area contributed by atoms with Crippen molar-refractivity contribution >= 4 is 17.2 Å². The molecule has 0 saturated heterocycles. The second-order valence-electron chi connectivity index (χ2n) is 4.36. The summed E-state index contributed by atoms with van der Waals surface area (Å²) in [6.07, 6.45) is 0. The highest BCUT2D eigenvalue weighted by molar-refractivity contribution is 7.80. The van der Waals surface area contributed by atoms with Crippen molar-refractivity contribution in [1.82, 2.24) is 0 Å². The summed E-state index contributed by atoms with van der Waals surface area (Å²) in [6.45, 7) is 1.86. The van der Waals surface area contributed by atoms with Crippen LogP contribution in [0.5, 0.6) is 5.75 Å². The quantitative estimate of drug-likeness (QED) is 0.877. The Hall–Kier alpha value is -2.01. The maximum absolute atomic E-state index is 13.3. The number of aryl methyl sites for hydroxylation is 1. The molecule has 2 aromatic rings. The number of halogens is 2. The monoisotopic (exact) mass is 293 g/mol. The molecule has 0 aliphatic heterocycles. The van der Waals surface area contributed by atoms with Crippen LogP contribution < -0.4 is 10.5 Å². The minimum Gasteiger partial charge on any atom is -0.489 e. The van der Waals surface area contributed by atoms with E-state index < -0.39 is 5.82 Å². The third-order valence-corrected chi connectivity index (χ3v) is 3.09. The summed E-state index contributed by atoms with van der Waals surface area (Å²) in [4.78, 5) is 0.166. The normalized spacial score (nSPS) is 10.3. The molecule has 0 amide bonds. The van der Waals surface area contributed by atoms with Gasteiger partial charge in [-0.3, -0.25) is 0 Å². The number of hydrogen-bond acceptors (Lipinski definition) is 2. The molecule has 0 fully saturated rings. The molecule has 0 radical (unpaired) electrons. The van der Waals surface area contributed by atoms with Crippen LogP contribution in [-0.2, 0) is 6.61 Å². The van der Waals surface area contributed by atoms with E-state index in [4.69, 9.17) is 22.7 Å². The third kappa shape index (κ3) is 3.30. The topological polar surface area (TPSA) is 35.2 Å². The fourth-order valence-corrected chi connectivity index (χ4v) is 2.01. The van der Waals surface area contributed by atoms with E-state index >= 15 is 0 Å². The molecule has 0 heterocycles. The fourth-order valence-electron chi connectivity index (χ4n) is 1.81. The van der Waals surface area contributed by atoms with E-state index in [1.54, 1.807) is 13.0 Å². The van der Waals surface area contributed by atoms with Gasteiger partial charge in [0.25, 0.3) is 0 Å². The molecule has 0 atom stereocenters. The highest BCUT2D eigenvalue weighted by Gasteiger charge is 2.09. The van der Waals surface area contributed by atoms with E-state index in [0.29, 0.717) is 16.9 Å². The predicted molar refractivity (Wildman–Crippen MR) is 77.8 cm³/mol. The molecule has 0 bridgehead atoms. The van der Waals surface area contributed by atoms with Crippen LogP contribution in [0.15, 0.2) is 36.4 Å². The lowest BCUT2D eigenvalue weighted by Gasteiger charge is -2.12. The molecule has 20 heavy (non-hydrogen) atoms. The van der Waals surface area contributed by atoms with E-state index in [2.05, 4.69) is 0 Å². The zero-order chi connectivity index (χ0) is 14.7. The fraction of sp³-hybridized carbons (Fsp3) is 0.133. The Labute approximate surface area is 121 Å². The molecular weight excluding hydrogens is 280 g/mol. The average molecular weight is 293 g/mol. The van der Waals surface area contributed by atoms with Crippen molar-refractivity contribution in [3.63, 3.8) is 0 Å². The number of benzene rings is 2. The van der Waals surface area contributed by atoms with Crippen LogP contribution in [0.2, 0.25) is 0 Å². The maximum Gasteiger partial charge on any atom is 0.126 e. The summed E-state index contributed by atoms with van der Waals surface area (Å²) in [7, 11) is 0. The minimum absolute atomic E-state index is 0.0642. The lowest BCUT2D eigenvalue weighted by atomic mass is 10.1. The summed E-state index contributed by atoms with van der Waals surface area (Å²) in [5.74, 6) is -0.387. The zero-order valence-corrected chi connectivity index (χ0v) is 11.6. The van der Waals surface area contributed by atoms with Gasteiger partial charge in [-0.15, -0.1) is 0 Å². The predicted octanol–water partition coefficient (Wildman–Crippen LogP) is 3.49. The van der Waals surface area contributed by atoms with E-state index in [9.17, 15) is 8.78 Å². The van der Waals surface area contributed by atoms with Crippen molar-refractivity contribution in [2.24, 2.45) is 5.73 Å². The molecule has 0 aromatic heterocycles. The first-order chi connectivity index (χ1) is 9.47. The molecule has 2 aromatic carbocycles. The Morgan fingerprint density at radius 2 is 1.80 bits per heavy atom. The van der Waals surface area contributed by atoms with E-state index in [0.717, 1.165) is 5.56 Å². The summed E-state index contributed by atoms with van der Waals surface area (Å²) >= 11 is 4.91. The van der Waals surface area contributed by atoms with Gasteiger partial charge < -0.3 is 10.5 Å². The second-order valence-corrected chi connectivity index (χ2v) is 4.80. The average Bonchev–Trinajstić information content (AvgIpc) is 2.39. The van der Waals surface area contributed by atoms with E-state index in [1.165, 1.54) is 30.3 Å². The van der Waals surface area contributed by atoms with Crippen LogP contribution in [0.25, 0.3) is 0 Å². The number of thiocarbonyl (C=S) groups is 1. The van der Waals surface area contributed by atoms with Gasteiger partial charge in [0.1, 0.15) is 29.0 Å². The summed E-state index contributed by atoms with van der Waals surface area (Å²) in [6, 6.07) is 8.36. The van der Waals surface area contributed by atoms with Gasteiger partial charge in [-0.2, -0.15) is 0 Å². The zero-order valence-electron chi connectivity index (χ0n) is 10.8. The standard InChI is InChI=1S/C15H13F2NOS/c1-9-2-3-12(17)7-14(9)19-8-10-6-11(16)4-5-13(10)15(18)20/h2-7H,8H2,1H3,(H2,18,20). The SMILES string of the molecule is Cc1ccc(F)cc1OCc1cc(F)ccc1C(N)=S. The molecule has 104 valence electrons. The van der Waals surface area contributed by atoms with Crippen LogP contribution in [0.1, 0.15) is 16.7 Å². The Morgan fingerprint density at radius 1 is 1.15 bits per heavy atom. The molecule has 0 saturated carbocycles. The van der Waals surface area contributed by atoms with E-state index in [-0.39, 0.29) is 17.4 Å². The van der Waals surface area contributed by atoms with E-state index in [1.807, 2.05) is 0 Å². The smallest absolute Gasteiger partial charge is 0.126 e. The van der Waals surface area contributed by atoms with Crippen LogP contribution in [0, 0.1) is 18.6 Å². The lowest BCUT2D eigenvalue weighted by Crippen LogP contribution is -2.14. The van der Waals surface area contributed by atoms with Crippen molar-refractivity contribution in [2.75, 3.05) is 0 Å². The third-order valence-electron chi connectivity index (χ3n) is 2.87. The van der Waals surface area contributed by atoms with Gasteiger partial charge in [-0.1, -0.05) is 18.3 Å². The Kier molecular flexibility index (Phi) is 4.29. The molecule has 0 aliphatic rings. The lowest BCUT2D eigenvalue weighted by molar-refractivity contribution is 0.301. The number of nitrogens with two attached hydrogens (primary N) is 1. The van der Waals surface area contributed by atoms with Crippen molar-refractivity contribution in [3.8, 4) is 5.75 Å². The molecule has 2 N–H and O–H groups in total. The van der Waals surface area contributed by atoms with Gasteiger partial charge >= 0.3 is 0 Å². The Bertz CT molecular complexity index is 658. The molecule has 2 nitrogen and oxygen atoms in total. The van der Waals surface area contributed by atoms with Crippen LogP contribution in [0.3, 0.4) is 0 Å². The van der Waals surface area contributed by atoms with Gasteiger partial charge in [0.2, 0.25) is 0 Å². The van der Waals surface area contributed by atoms with Crippen LogP contribution >= 0.6 is 12.2 Å². The molecule has 0 unspecified atom stereocenters. The Morgan fingerprint density at radius 3 is 2.50 bits per heavy atom. The van der Waals surface area contributed by atoms with Crippen LogP contribution in [-0.4, -0.2) is 4.99 Å². The number of rotatable bonds is 4. The first-order valence-corrected chi connectivity index (χ1v) is 6.35. The first kappa shape index (κ1) is 14.4.